The number of nitrogens with one attached hydrogen (secondary N) is 1. The topological polar surface area (TPSA) is 24.5 Å². The van der Waals surface area contributed by atoms with Gasteiger partial charge < -0.3 is 9.64 Å². The van der Waals surface area contributed by atoms with Gasteiger partial charge in [-0.3, -0.25) is 5.32 Å². The van der Waals surface area contributed by atoms with Crippen LogP contribution in [0.5, 0.6) is 5.75 Å². The van der Waals surface area contributed by atoms with Crippen molar-refractivity contribution < 1.29 is 4.74 Å². The van der Waals surface area contributed by atoms with Crippen molar-refractivity contribution in [3.05, 3.63) is 145 Å². The second kappa shape index (κ2) is 10.1. The van der Waals surface area contributed by atoms with Crippen LogP contribution >= 0.6 is 0 Å². The molecule has 0 bridgehead atoms. The number of nitrogens with zero attached hydrogens (tertiary/aromatic N) is 1. The lowest BCUT2D eigenvalue weighted by molar-refractivity contribution is 0.270. The van der Waals surface area contributed by atoms with Gasteiger partial charge in [-0.1, -0.05) is 110 Å². The Bertz CT molecular complexity index is 2070. The third-order valence-electron chi connectivity index (χ3n) is 9.87. The highest BCUT2D eigenvalue weighted by atomic mass is 16.5. The zero-order valence-corrected chi connectivity index (χ0v) is 24.7. The zero-order valence-electron chi connectivity index (χ0n) is 24.7. The first-order chi connectivity index (χ1) is 21.7. The summed E-state index contributed by atoms with van der Waals surface area (Å²) in [6.07, 6.45) is 19.1. The Morgan fingerprint density at radius 2 is 1.45 bits per heavy atom. The first-order valence-electron chi connectivity index (χ1n) is 15.9. The Balaban J connectivity index is 1.10. The second-order valence-electron chi connectivity index (χ2n) is 12.4. The van der Waals surface area contributed by atoms with Crippen molar-refractivity contribution >= 4 is 27.2 Å². The van der Waals surface area contributed by atoms with Gasteiger partial charge in [0.2, 0.25) is 0 Å². The van der Waals surface area contributed by atoms with E-state index >= 15 is 0 Å². The number of anilines is 1. The number of fused-ring (bicyclic) bond motifs is 6. The number of hydrogen-bond acceptors (Lipinski definition) is 3. The highest BCUT2D eigenvalue weighted by Gasteiger charge is 2.38. The van der Waals surface area contributed by atoms with E-state index in [0.29, 0.717) is 18.2 Å². The molecule has 0 radical (unpaired) electrons. The van der Waals surface area contributed by atoms with Gasteiger partial charge in [-0.05, 0) is 81.1 Å². The average molecular weight is 571 g/mol. The molecule has 0 saturated carbocycles. The van der Waals surface area contributed by atoms with E-state index in [2.05, 4.69) is 157 Å². The fourth-order valence-electron chi connectivity index (χ4n) is 7.75. The van der Waals surface area contributed by atoms with E-state index in [1.54, 1.807) is 0 Å². The molecule has 0 amide bonds. The van der Waals surface area contributed by atoms with Crippen molar-refractivity contribution in [2.45, 2.75) is 43.6 Å². The van der Waals surface area contributed by atoms with Gasteiger partial charge >= 0.3 is 0 Å². The van der Waals surface area contributed by atoms with Crippen molar-refractivity contribution in [3.63, 3.8) is 0 Å². The molecule has 5 unspecified atom stereocenters. The van der Waals surface area contributed by atoms with Crippen LogP contribution in [0.4, 0.5) is 5.69 Å². The van der Waals surface area contributed by atoms with Crippen LogP contribution in [0.2, 0.25) is 0 Å². The van der Waals surface area contributed by atoms with Crippen LogP contribution in [0.25, 0.3) is 43.8 Å². The molecule has 0 aromatic heterocycles. The average Bonchev–Trinajstić information content (AvgIpc) is 3.65. The summed E-state index contributed by atoms with van der Waals surface area (Å²) >= 11 is 0. The molecule has 2 aliphatic heterocycles. The molecule has 5 aromatic rings. The highest BCUT2D eigenvalue weighted by molar-refractivity contribution is 6.03. The van der Waals surface area contributed by atoms with E-state index in [4.69, 9.17) is 4.74 Å². The molecule has 1 N–H and O–H groups in total. The van der Waals surface area contributed by atoms with Gasteiger partial charge in [-0.2, -0.15) is 0 Å². The normalized spacial score (nSPS) is 24.5. The Morgan fingerprint density at radius 3 is 2.36 bits per heavy atom. The van der Waals surface area contributed by atoms with E-state index < -0.39 is 0 Å². The third-order valence-corrected chi connectivity index (χ3v) is 9.87. The van der Waals surface area contributed by atoms with Crippen LogP contribution in [0.15, 0.2) is 140 Å². The maximum Gasteiger partial charge on any atom is 0.132 e. The van der Waals surface area contributed by atoms with E-state index in [-0.39, 0.29) is 12.0 Å². The number of allylic oxidation sites excluding steroid dienone is 4. The molecule has 2 aliphatic carbocycles. The summed E-state index contributed by atoms with van der Waals surface area (Å²) in [6, 6.07) is 34.5. The monoisotopic (exact) mass is 570 g/mol. The van der Waals surface area contributed by atoms with Crippen molar-refractivity contribution in [3.8, 4) is 28.0 Å². The zero-order chi connectivity index (χ0) is 29.2. The minimum Gasteiger partial charge on any atom is -0.484 e. The van der Waals surface area contributed by atoms with E-state index in [1.165, 1.54) is 55.0 Å². The van der Waals surface area contributed by atoms with Gasteiger partial charge in [-0.25, -0.2) is 0 Å². The van der Waals surface area contributed by atoms with E-state index in [9.17, 15) is 0 Å². The molecule has 3 nitrogen and oxygen atoms in total. The molecule has 44 heavy (non-hydrogen) atoms. The quantitative estimate of drug-likeness (QED) is 0.233. The molecular formula is C41H34N2O. The Labute approximate surface area is 258 Å². The molecule has 214 valence electrons. The molecule has 2 heterocycles. The molecule has 5 aromatic carbocycles. The molecule has 1 saturated heterocycles. The minimum absolute atomic E-state index is 0.0600. The molecule has 3 heteroatoms. The maximum absolute atomic E-state index is 6.64. The van der Waals surface area contributed by atoms with Gasteiger partial charge in [-0.15, -0.1) is 0 Å². The lowest BCUT2D eigenvalue weighted by Crippen LogP contribution is -2.38. The van der Waals surface area contributed by atoms with E-state index in [0.717, 1.165) is 12.2 Å². The predicted octanol–water partition coefficient (Wildman–Crippen LogP) is 9.31. The highest BCUT2D eigenvalue weighted by Crippen LogP contribution is 2.50. The summed E-state index contributed by atoms with van der Waals surface area (Å²) in [7, 11) is 0. The van der Waals surface area contributed by atoms with Gasteiger partial charge in [0.15, 0.2) is 0 Å². The van der Waals surface area contributed by atoms with Crippen molar-refractivity contribution in [1.82, 2.24) is 5.32 Å². The summed E-state index contributed by atoms with van der Waals surface area (Å²) in [5, 5.41) is 8.77. The standard InChI is InChI=1S/C41H34N2O/c1-2-39-42-36-15-6-7-16-37(36)43(39)32-12-9-11-26(24-32)27-18-19-29-23-31(21-20-28(29)22-27)40-33-13-4-3-10-30(33)25-35-34-14-5-8-17-38(34)44-41(35)40/h3-25,34,36-39,42H,2H2,1H3. The fraction of sp³-hybridized carbons (Fsp3) is 0.171. The van der Waals surface area contributed by atoms with Crippen molar-refractivity contribution in [1.29, 1.82) is 0 Å². The van der Waals surface area contributed by atoms with Crippen LogP contribution < -0.4 is 15.0 Å². The van der Waals surface area contributed by atoms with Crippen LogP contribution in [0, 0.1) is 0 Å². The molecule has 5 atom stereocenters. The summed E-state index contributed by atoms with van der Waals surface area (Å²) < 4.78 is 6.64. The maximum atomic E-state index is 6.64. The first kappa shape index (κ1) is 25.6. The smallest absolute Gasteiger partial charge is 0.132 e. The van der Waals surface area contributed by atoms with Gasteiger partial charge in [0, 0.05) is 22.7 Å². The molecule has 1 fully saturated rings. The van der Waals surface area contributed by atoms with E-state index in [1.807, 2.05) is 0 Å². The number of rotatable bonds is 4. The molecule has 0 spiro atoms. The molecule has 9 rings (SSSR count). The summed E-state index contributed by atoms with van der Waals surface area (Å²) in [4.78, 5) is 2.55. The summed E-state index contributed by atoms with van der Waals surface area (Å²) in [5.41, 5.74) is 7.42. The summed E-state index contributed by atoms with van der Waals surface area (Å²) in [6.45, 7) is 2.26. The lowest BCUT2D eigenvalue weighted by Gasteiger charge is -2.31. The SMILES string of the molecule is CCC1NC2C=CC=CC2N1c1cccc(-c2ccc3cc(-c4c5c(cc6ccccc46)C4C=CC=CC4O5)ccc3c2)c1. The van der Waals surface area contributed by atoms with Crippen LogP contribution in [0.1, 0.15) is 24.8 Å². The van der Waals surface area contributed by atoms with Crippen LogP contribution in [-0.4, -0.2) is 24.4 Å². The third kappa shape index (κ3) is 4.00. The number of benzene rings is 5. The van der Waals surface area contributed by atoms with Crippen LogP contribution in [-0.2, 0) is 0 Å². The largest absolute Gasteiger partial charge is 0.484 e. The summed E-state index contributed by atoms with van der Waals surface area (Å²) in [5.74, 6) is 1.28. The lowest BCUT2D eigenvalue weighted by atomic mass is 9.87. The van der Waals surface area contributed by atoms with Crippen LogP contribution in [0.3, 0.4) is 0 Å². The Kier molecular flexibility index (Phi) is 5.89. The van der Waals surface area contributed by atoms with Gasteiger partial charge in [0.1, 0.15) is 11.9 Å². The predicted molar refractivity (Wildman–Crippen MR) is 183 cm³/mol. The minimum atomic E-state index is 0.0600. The molecular weight excluding hydrogens is 536 g/mol. The number of hydrogen-bond donors (Lipinski definition) is 1. The Morgan fingerprint density at radius 1 is 0.682 bits per heavy atom. The molecule has 4 aliphatic rings. The Hall–Kier alpha value is -4.86. The van der Waals surface area contributed by atoms with Gasteiger partial charge in [0.25, 0.3) is 0 Å². The van der Waals surface area contributed by atoms with Crippen molar-refractivity contribution in [2.75, 3.05) is 4.90 Å². The first-order valence-corrected chi connectivity index (χ1v) is 15.9. The second-order valence-corrected chi connectivity index (χ2v) is 12.4. The fourth-order valence-corrected chi connectivity index (χ4v) is 7.75. The van der Waals surface area contributed by atoms with Crippen molar-refractivity contribution in [2.24, 2.45) is 0 Å². The van der Waals surface area contributed by atoms with Gasteiger partial charge in [0.05, 0.1) is 18.2 Å². The number of ether oxygens (including phenoxy) is 1.